The van der Waals surface area contributed by atoms with Gasteiger partial charge < -0.3 is 15.0 Å². The number of pyridine rings is 1. The van der Waals surface area contributed by atoms with Crippen molar-refractivity contribution in [2.45, 2.75) is 50.8 Å². The van der Waals surface area contributed by atoms with Gasteiger partial charge in [-0.1, -0.05) is 32.4 Å². The number of methoxy groups -OCH3 is 1. The van der Waals surface area contributed by atoms with Crippen molar-refractivity contribution in [3.05, 3.63) is 48.3 Å². The molecule has 2 unspecified atom stereocenters. The second-order valence-electron chi connectivity index (χ2n) is 7.91. The Hall–Kier alpha value is -2.16. The lowest BCUT2D eigenvalue weighted by molar-refractivity contribution is 0.112. The normalized spacial score (nSPS) is 18.2. The average molecular weight is 433 g/mol. The zero-order valence-electron chi connectivity index (χ0n) is 18.4. The van der Waals surface area contributed by atoms with Crippen LogP contribution in [-0.2, 0) is 21.3 Å². The molecule has 164 valence electrons. The maximum atomic E-state index is 13.2. The van der Waals surface area contributed by atoms with Crippen molar-refractivity contribution >= 4 is 21.4 Å². The number of aromatic nitrogens is 1. The van der Waals surface area contributed by atoms with Crippen LogP contribution in [0.15, 0.2) is 47.6 Å². The van der Waals surface area contributed by atoms with Crippen LogP contribution in [0.3, 0.4) is 0 Å². The van der Waals surface area contributed by atoms with Crippen molar-refractivity contribution in [3.8, 4) is 0 Å². The molecule has 3 atom stereocenters. The minimum absolute atomic E-state index is 0.143. The Morgan fingerprint density at radius 2 is 1.97 bits per heavy atom. The number of nitrogens with zero attached hydrogens (tertiary/aromatic N) is 3. The van der Waals surface area contributed by atoms with Crippen LogP contribution in [0, 0.1) is 5.92 Å². The van der Waals surface area contributed by atoms with Crippen LogP contribution >= 0.6 is 0 Å². The van der Waals surface area contributed by atoms with Crippen molar-refractivity contribution in [3.63, 3.8) is 0 Å². The Morgan fingerprint density at radius 3 is 2.60 bits per heavy atom. The molecule has 1 aromatic carbocycles. The van der Waals surface area contributed by atoms with Crippen molar-refractivity contribution in [2.75, 3.05) is 31.0 Å². The molecule has 1 aliphatic rings. The Bertz CT molecular complexity index is 949. The van der Waals surface area contributed by atoms with Crippen LogP contribution in [-0.4, -0.2) is 50.7 Å². The molecule has 30 heavy (non-hydrogen) atoms. The number of likely N-dealkylation sites (N-methyl/N-ethyl adjacent to an activating group) is 1. The molecular formula is C22H32N4O3S. The molecule has 0 bridgehead atoms. The average Bonchev–Trinajstić information content (AvgIpc) is 3.06. The van der Waals surface area contributed by atoms with Crippen molar-refractivity contribution < 1.29 is 13.2 Å². The zero-order chi connectivity index (χ0) is 21.9. The van der Waals surface area contributed by atoms with E-state index in [1.165, 1.54) is 4.31 Å². The smallest absolute Gasteiger partial charge is 0.243 e. The topological polar surface area (TPSA) is 74.8 Å². The lowest BCUT2D eigenvalue weighted by Gasteiger charge is -2.31. The van der Waals surface area contributed by atoms with Crippen LogP contribution in [0.5, 0.6) is 0 Å². The molecule has 0 saturated heterocycles. The predicted octanol–water partition coefficient (Wildman–Crippen LogP) is 3.54. The molecule has 2 heterocycles. The van der Waals surface area contributed by atoms with Crippen LogP contribution in [0.2, 0.25) is 0 Å². The lowest BCUT2D eigenvalue weighted by Crippen LogP contribution is -2.43. The molecule has 2 aromatic rings. The summed E-state index contributed by atoms with van der Waals surface area (Å²) in [6, 6.07) is 8.96. The van der Waals surface area contributed by atoms with Gasteiger partial charge in [-0.15, -0.1) is 0 Å². The monoisotopic (exact) mass is 432 g/mol. The van der Waals surface area contributed by atoms with Crippen molar-refractivity contribution in [1.82, 2.24) is 9.29 Å². The summed E-state index contributed by atoms with van der Waals surface area (Å²) in [5, 5.41) is 3.41. The Balaban J connectivity index is 1.78. The molecule has 0 radical (unpaired) electrons. The molecule has 3 rings (SSSR count). The first-order valence-electron chi connectivity index (χ1n) is 10.3. The predicted molar refractivity (Wildman–Crippen MR) is 120 cm³/mol. The van der Waals surface area contributed by atoms with E-state index >= 15 is 0 Å². The van der Waals surface area contributed by atoms with Gasteiger partial charge in [0.05, 0.1) is 41.3 Å². The highest BCUT2D eigenvalue weighted by atomic mass is 32.2. The first kappa shape index (κ1) is 22.5. The highest BCUT2D eigenvalue weighted by Gasteiger charge is 2.31. The summed E-state index contributed by atoms with van der Waals surface area (Å²) in [5.41, 5.74) is 3.16. The zero-order valence-corrected chi connectivity index (χ0v) is 19.2. The van der Waals surface area contributed by atoms with Gasteiger partial charge in [0.25, 0.3) is 0 Å². The minimum Gasteiger partial charge on any atom is -0.383 e. The number of hydrogen-bond acceptors (Lipinski definition) is 6. The largest absolute Gasteiger partial charge is 0.383 e. The van der Waals surface area contributed by atoms with Gasteiger partial charge >= 0.3 is 0 Å². The molecule has 1 aromatic heterocycles. The second-order valence-corrected chi connectivity index (χ2v) is 9.91. The van der Waals surface area contributed by atoms with E-state index in [4.69, 9.17) is 4.74 Å². The van der Waals surface area contributed by atoms with E-state index in [0.29, 0.717) is 18.0 Å². The van der Waals surface area contributed by atoms with Crippen LogP contribution < -0.4 is 10.2 Å². The van der Waals surface area contributed by atoms with Gasteiger partial charge in [0.15, 0.2) is 0 Å². The molecule has 0 saturated carbocycles. The van der Waals surface area contributed by atoms with Crippen molar-refractivity contribution in [2.24, 2.45) is 5.92 Å². The fourth-order valence-electron chi connectivity index (χ4n) is 3.86. The summed E-state index contributed by atoms with van der Waals surface area (Å²) < 4.78 is 33.1. The molecule has 0 aliphatic carbocycles. The second kappa shape index (κ2) is 9.32. The summed E-state index contributed by atoms with van der Waals surface area (Å²) in [5.74, 6) is 0.197. The van der Waals surface area contributed by atoms with Gasteiger partial charge in [0, 0.05) is 26.9 Å². The third-order valence-corrected chi connectivity index (χ3v) is 7.89. The van der Waals surface area contributed by atoms with Gasteiger partial charge in [-0.2, -0.15) is 4.31 Å². The number of sulfonamides is 1. The fourth-order valence-corrected chi connectivity index (χ4v) is 5.30. The third kappa shape index (κ3) is 4.45. The van der Waals surface area contributed by atoms with Crippen LogP contribution in [0.1, 0.15) is 32.8 Å². The number of hydrogen-bond donors (Lipinski definition) is 1. The highest BCUT2D eigenvalue weighted by molar-refractivity contribution is 7.89. The highest BCUT2D eigenvalue weighted by Crippen LogP contribution is 2.34. The van der Waals surface area contributed by atoms with Gasteiger partial charge in [-0.05, 0) is 36.6 Å². The van der Waals surface area contributed by atoms with E-state index < -0.39 is 10.0 Å². The summed E-state index contributed by atoms with van der Waals surface area (Å²) >= 11 is 0. The molecule has 0 amide bonds. The molecule has 1 N–H and O–H groups in total. The van der Waals surface area contributed by atoms with E-state index in [2.05, 4.69) is 36.0 Å². The number of ether oxygens (including phenoxy) is 1. The number of fused-ring (bicyclic) bond motifs is 1. The first-order chi connectivity index (χ1) is 14.3. The van der Waals surface area contributed by atoms with Gasteiger partial charge in [0.2, 0.25) is 10.0 Å². The Labute approximate surface area is 180 Å². The molecule has 1 aliphatic heterocycles. The van der Waals surface area contributed by atoms with E-state index in [1.54, 1.807) is 32.5 Å². The molecule has 0 fully saturated rings. The quantitative estimate of drug-likeness (QED) is 0.653. The molecule has 0 spiro atoms. The van der Waals surface area contributed by atoms with Gasteiger partial charge in [-0.25, -0.2) is 8.42 Å². The van der Waals surface area contributed by atoms with Gasteiger partial charge in [0.1, 0.15) is 0 Å². The molecule has 7 nitrogen and oxygen atoms in total. The lowest BCUT2D eigenvalue weighted by atomic mass is 10.0. The fraction of sp³-hybridized carbons (Fsp3) is 0.500. The number of nitrogens with one attached hydrogen (secondary N) is 1. The summed E-state index contributed by atoms with van der Waals surface area (Å²) in [6.07, 6.45) is 4.63. The van der Waals surface area contributed by atoms with E-state index in [1.807, 2.05) is 24.4 Å². The standard InChI is InChI=1S/C22H32N4O3S/c1-6-16(2)22(15-29-5)25(4)30(27,28)19-9-7-18(8-10-19)14-26-17(3)24-20-13-23-12-11-21(20)26/h7-13,16-17,22,24H,6,14-15H2,1-5H3/t16?,17?,22-/m1/s1. The van der Waals surface area contributed by atoms with E-state index in [9.17, 15) is 8.42 Å². The van der Waals surface area contributed by atoms with E-state index in [0.717, 1.165) is 23.4 Å². The maximum absolute atomic E-state index is 13.2. The summed E-state index contributed by atoms with van der Waals surface area (Å²) in [7, 11) is -0.355. The van der Waals surface area contributed by atoms with Crippen LogP contribution in [0.25, 0.3) is 0 Å². The number of benzene rings is 1. The SMILES string of the molecule is CCC(C)[C@@H](COC)N(C)S(=O)(=O)c1ccc(CN2c3ccncc3NC2C)cc1. The molecule has 8 heteroatoms. The minimum atomic E-state index is -3.60. The van der Waals surface area contributed by atoms with Gasteiger partial charge in [-0.3, -0.25) is 4.98 Å². The molecular weight excluding hydrogens is 400 g/mol. The van der Waals surface area contributed by atoms with Crippen molar-refractivity contribution in [1.29, 1.82) is 0 Å². The summed E-state index contributed by atoms with van der Waals surface area (Å²) in [6.45, 7) is 7.26. The van der Waals surface area contributed by atoms with E-state index in [-0.39, 0.29) is 18.1 Å². The number of rotatable bonds is 9. The summed E-state index contributed by atoms with van der Waals surface area (Å²) in [4.78, 5) is 6.71. The van der Waals surface area contributed by atoms with Crippen LogP contribution in [0.4, 0.5) is 11.4 Å². The first-order valence-corrected chi connectivity index (χ1v) is 11.8. The third-order valence-electron chi connectivity index (χ3n) is 6.00. The number of anilines is 2. The Kier molecular flexibility index (Phi) is 7.00. The maximum Gasteiger partial charge on any atom is 0.243 e. The Morgan fingerprint density at radius 1 is 1.27 bits per heavy atom.